The Labute approximate surface area is 166 Å². The number of benzene rings is 1. The Bertz CT molecular complexity index is 1150. The van der Waals surface area contributed by atoms with Crippen LogP contribution >= 0.6 is 11.3 Å². The minimum atomic E-state index is -0.396. The molecule has 1 aromatic carbocycles. The van der Waals surface area contributed by atoms with Crippen LogP contribution in [0.25, 0.3) is 10.2 Å². The number of nitrogens with zero attached hydrogens (tertiary/aromatic N) is 4. The predicted molar refractivity (Wildman–Crippen MR) is 109 cm³/mol. The van der Waals surface area contributed by atoms with E-state index in [-0.39, 0.29) is 11.6 Å². The molecule has 8 heteroatoms. The van der Waals surface area contributed by atoms with Gasteiger partial charge in [-0.15, -0.1) is 11.3 Å². The van der Waals surface area contributed by atoms with Gasteiger partial charge in [0.15, 0.2) is 0 Å². The SMILES string of the molecule is CCc1nc(C)c2c(C)c(C(=O)N3CCc4cc(C)c([N+](=O)[O-])cc43)sc2n1. The van der Waals surface area contributed by atoms with Gasteiger partial charge in [0.2, 0.25) is 0 Å². The molecule has 0 atom stereocenters. The quantitative estimate of drug-likeness (QED) is 0.487. The van der Waals surface area contributed by atoms with Gasteiger partial charge in [0.25, 0.3) is 11.6 Å². The number of carbonyl (C=O) groups is 1. The average Bonchev–Trinajstić information content (AvgIpc) is 3.21. The van der Waals surface area contributed by atoms with Crippen molar-refractivity contribution in [3.05, 3.63) is 55.3 Å². The second kappa shape index (κ2) is 6.63. The Kier molecular flexibility index (Phi) is 4.38. The third-order valence-corrected chi connectivity index (χ3v) is 6.44. The molecule has 3 aromatic rings. The summed E-state index contributed by atoms with van der Waals surface area (Å²) in [6.45, 7) is 8.11. The van der Waals surface area contributed by atoms with E-state index in [1.54, 1.807) is 11.8 Å². The first-order valence-corrected chi connectivity index (χ1v) is 9.99. The van der Waals surface area contributed by atoms with E-state index in [4.69, 9.17) is 0 Å². The first-order valence-electron chi connectivity index (χ1n) is 9.18. The van der Waals surface area contributed by atoms with Gasteiger partial charge in [-0.3, -0.25) is 14.9 Å². The Hall–Kier alpha value is -2.87. The molecule has 1 amide bonds. The topological polar surface area (TPSA) is 89.2 Å². The molecular formula is C20H20N4O3S. The molecular weight excluding hydrogens is 376 g/mol. The van der Waals surface area contributed by atoms with Crippen LogP contribution in [0.1, 0.15) is 44.8 Å². The molecule has 0 spiro atoms. The summed E-state index contributed by atoms with van der Waals surface area (Å²) >= 11 is 1.37. The summed E-state index contributed by atoms with van der Waals surface area (Å²) < 4.78 is 0. The Balaban J connectivity index is 1.80. The fourth-order valence-corrected chi connectivity index (χ4v) is 5.04. The number of anilines is 1. The standard InChI is InChI=1S/C20H20N4O3S/c1-5-16-21-12(4)17-11(3)18(28-19(17)22-16)20(25)23-7-6-13-8-10(2)14(24(26)27)9-15(13)23/h8-9H,5-7H2,1-4H3. The van der Waals surface area contributed by atoms with Crippen molar-refractivity contribution in [1.29, 1.82) is 0 Å². The molecule has 1 aliphatic rings. The van der Waals surface area contributed by atoms with Crippen LogP contribution in [-0.2, 0) is 12.8 Å². The van der Waals surface area contributed by atoms with E-state index < -0.39 is 4.92 Å². The summed E-state index contributed by atoms with van der Waals surface area (Å²) in [5.41, 5.74) is 4.02. The Morgan fingerprint density at radius 1 is 1.29 bits per heavy atom. The molecule has 0 radical (unpaired) electrons. The first-order chi connectivity index (χ1) is 13.3. The number of amides is 1. The number of nitro groups is 1. The zero-order valence-electron chi connectivity index (χ0n) is 16.2. The van der Waals surface area contributed by atoms with E-state index in [1.807, 2.05) is 26.8 Å². The lowest BCUT2D eigenvalue weighted by atomic mass is 10.1. The second-order valence-electron chi connectivity index (χ2n) is 7.05. The van der Waals surface area contributed by atoms with Gasteiger partial charge in [-0.1, -0.05) is 6.92 Å². The Morgan fingerprint density at radius 3 is 2.71 bits per heavy atom. The molecule has 0 unspecified atom stereocenters. The lowest BCUT2D eigenvalue weighted by molar-refractivity contribution is -0.385. The van der Waals surface area contributed by atoms with Crippen molar-refractivity contribution in [2.24, 2.45) is 0 Å². The van der Waals surface area contributed by atoms with Gasteiger partial charge in [-0.05, 0) is 44.4 Å². The van der Waals surface area contributed by atoms with Gasteiger partial charge in [0.05, 0.1) is 15.5 Å². The summed E-state index contributed by atoms with van der Waals surface area (Å²) in [6, 6.07) is 3.35. The van der Waals surface area contributed by atoms with Crippen LogP contribution in [0, 0.1) is 30.9 Å². The highest BCUT2D eigenvalue weighted by atomic mass is 32.1. The van der Waals surface area contributed by atoms with E-state index in [0.717, 1.165) is 39.3 Å². The van der Waals surface area contributed by atoms with E-state index >= 15 is 0 Å². The fourth-order valence-electron chi connectivity index (χ4n) is 3.84. The van der Waals surface area contributed by atoms with Crippen LogP contribution in [0.15, 0.2) is 12.1 Å². The molecule has 0 N–H and O–H groups in total. The monoisotopic (exact) mass is 396 g/mol. The first kappa shape index (κ1) is 18.5. The fraction of sp³-hybridized carbons (Fsp3) is 0.350. The van der Waals surface area contributed by atoms with Gasteiger partial charge >= 0.3 is 0 Å². The normalized spacial score (nSPS) is 13.2. The van der Waals surface area contributed by atoms with Crippen LogP contribution in [0.2, 0.25) is 0 Å². The third kappa shape index (κ3) is 2.75. The predicted octanol–water partition coefficient (Wildman–Crippen LogP) is 4.29. The second-order valence-corrected chi connectivity index (χ2v) is 8.05. The molecule has 28 heavy (non-hydrogen) atoms. The molecule has 2 aromatic heterocycles. The van der Waals surface area contributed by atoms with Crippen molar-refractivity contribution >= 4 is 38.8 Å². The van der Waals surface area contributed by atoms with Crippen LogP contribution in [0.5, 0.6) is 0 Å². The highest BCUT2D eigenvalue weighted by molar-refractivity contribution is 7.20. The molecule has 144 valence electrons. The minimum absolute atomic E-state index is 0.0424. The van der Waals surface area contributed by atoms with Crippen molar-refractivity contribution in [3.8, 4) is 0 Å². The molecule has 4 rings (SSSR count). The van der Waals surface area contributed by atoms with Gasteiger partial charge in [-0.25, -0.2) is 9.97 Å². The van der Waals surface area contributed by atoms with Crippen molar-refractivity contribution in [1.82, 2.24) is 9.97 Å². The smallest absolute Gasteiger partial charge is 0.274 e. The average molecular weight is 396 g/mol. The van der Waals surface area contributed by atoms with Gasteiger partial charge in [0.1, 0.15) is 10.7 Å². The van der Waals surface area contributed by atoms with Crippen molar-refractivity contribution < 1.29 is 9.72 Å². The number of aromatic nitrogens is 2. The van der Waals surface area contributed by atoms with Crippen LogP contribution < -0.4 is 4.90 Å². The molecule has 3 heterocycles. The number of fused-ring (bicyclic) bond motifs is 2. The molecule has 7 nitrogen and oxygen atoms in total. The van der Waals surface area contributed by atoms with E-state index in [0.29, 0.717) is 29.1 Å². The Morgan fingerprint density at radius 2 is 2.04 bits per heavy atom. The summed E-state index contributed by atoms with van der Waals surface area (Å²) in [7, 11) is 0. The zero-order chi connectivity index (χ0) is 20.2. The third-order valence-electron chi connectivity index (χ3n) is 5.26. The number of rotatable bonds is 3. The van der Waals surface area contributed by atoms with Crippen molar-refractivity contribution in [2.75, 3.05) is 11.4 Å². The summed E-state index contributed by atoms with van der Waals surface area (Å²) in [4.78, 5) is 36.5. The zero-order valence-corrected chi connectivity index (χ0v) is 17.0. The number of aryl methyl sites for hydroxylation is 4. The molecule has 1 aliphatic heterocycles. The van der Waals surface area contributed by atoms with E-state index in [9.17, 15) is 14.9 Å². The highest BCUT2D eigenvalue weighted by Crippen LogP contribution is 2.38. The van der Waals surface area contributed by atoms with Crippen molar-refractivity contribution in [3.63, 3.8) is 0 Å². The van der Waals surface area contributed by atoms with Crippen LogP contribution in [0.3, 0.4) is 0 Å². The number of thiophene rings is 1. The molecule has 0 fully saturated rings. The molecule has 0 bridgehead atoms. The van der Waals surface area contributed by atoms with E-state index in [1.165, 1.54) is 17.4 Å². The molecule has 0 saturated carbocycles. The van der Waals surface area contributed by atoms with Gasteiger partial charge in [0, 0.05) is 35.7 Å². The summed E-state index contributed by atoms with van der Waals surface area (Å²) in [5.74, 6) is 0.637. The summed E-state index contributed by atoms with van der Waals surface area (Å²) in [6.07, 6.45) is 1.43. The number of nitro benzene ring substituents is 1. The molecule has 0 saturated heterocycles. The number of carbonyl (C=O) groups excluding carboxylic acids is 1. The minimum Gasteiger partial charge on any atom is -0.307 e. The maximum atomic E-state index is 13.4. The van der Waals surface area contributed by atoms with E-state index in [2.05, 4.69) is 9.97 Å². The number of hydrogen-bond acceptors (Lipinski definition) is 6. The van der Waals surface area contributed by atoms with Crippen LogP contribution in [0.4, 0.5) is 11.4 Å². The highest BCUT2D eigenvalue weighted by Gasteiger charge is 2.31. The molecule has 0 aliphatic carbocycles. The lowest BCUT2D eigenvalue weighted by Gasteiger charge is -2.17. The number of hydrogen-bond donors (Lipinski definition) is 0. The largest absolute Gasteiger partial charge is 0.307 e. The maximum Gasteiger partial charge on any atom is 0.274 e. The summed E-state index contributed by atoms with van der Waals surface area (Å²) in [5, 5.41) is 12.3. The van der Waals surface area contributed by atoms with Crippen molar-refractivity contribution in [2.45, 2.75) is 40.5 Å². The lowest BCUT2D eigenvalue weighted by Crippen LogP contribution is -2.28. The van der Waals surface area contributed by atoms with Gasteiger partial charge < -0.3 is 4.90 Å². The van der Waals surface area contributed by atoms with Crippen LogP contribution in [-0.4, -0.2) is 27.3 Å². The maximum absolute atomic E-state index is 13.4. The van der Waals surface area contributed by atoms with Gasteiger partial charge in [-0.2, -0.15) is 0 Å².